The summed E-state index contributed by atoms with van der Waals surface area (Å²) in [5.41, 5.74) is 0. The van der Waals surface area contributed by atoms with Crippen molar-refractivity contribution in [2.75, 3.05) is 32.9 Å². The number of hydrogen-bond donors (Lipinski definition) is 0. The molecule has 1 aliphatic rings. The van der Waals surface area contributed by atoms with Gasteiger partial charge in [-0.1, -0.05) is 0 Å². The zero-order valence-corrected chi connectivity index (χ0v) is 9.34. The van der Waals surface area contributed by atoms with Crippen molar-refractivity contribution in [2.45, 2.75) is 12.8 Å². The molecule has 0 aromatic heterocycles. The van der Waals surface area contributed by atoms with E-state index in [-0.39, 0.29) is 6.54 Å². The molecule has 82 valence electrons. The number of hydrogen-bond acceptors (Lipinski definition) is 4. The van der Waals surface area contributed by atoms with Gasteiger partial charge >= 0.3 is 16.1 Å². The average molecular weight is 222 g/mol. The van der Waals surface area contributed by atoms with Crippen molar-refractivity contribution >= 4 is 16.1 Å². The summed E-state index contributed by atoms with van der Waals surface area (Å²) in [5, 5.41) is 0. The van der Waals surface area contributed by atoms with Gasteiger partial charge in [0.15, 0.2) is 6.54 Å². The van der Waals surface area contributed by atoms with Gasteiger partial charge in [0.1, 0.15) is 0 Å². The number of carbonyl (C=O) groups excluding carboxylic acids is 1. The monoisotopic (exact) mass is 222 g/mol. The summed E-state index contributed by atoms with van der Waals surface area (Å²) in [4.78, 5) is 11.2. The first-order chi connectivity index (χ1) is 6.31. The van der Waals surface area contributed by atoms with Crippen LogP contribution in [0.5, 0.6) is 0 Å². The minimum absolute atomic E-state index is 0.146. The highest BCUT2D eigenvalue weighted by Gasteiger charge is 2.31. The molecule has 0 unspecified atom stereocenters. The largest absolute Gasteiger partial charge is 0.377 e. The van der Waals surface area contributed by atoms with Crippen LogP contribution in [0, 0.1) is 0 Å². The van der Waals surface area contributed by atoms with Gasteiger partial charge in [-0.05, 0) is 0 Å². The average Bonchev–Trinajstić information content (AvgIpc) is 2.30. The molecule has 0 bridgehead atoms. The standard InChI is InChI=1S/C8H16NO4S/c1-9(5-3-4-6-9)7-8(10)13-14(2,11)12/h3-7H2,1-2H3/q+1. The third-order valence-corrected chi connectivity index (χ3v) is 2.89. The Kier molecular flexibility index (Phi) is 3.16. The lowest BCUT2D eigenvalue weighted by atomic mass is 10.4. The van der Waals surface area contributed by atoms with E-state index in [0.717, 1.165) is 32.2 Å². The van der Waals surface area contributed by atoms with Crippen molar-refractivity contribution in [3.8, 4) is 0 Å². The van der Waals surface area contributed by atoms with Gasteiger partial charge in [0, 0.05) is 12.8 Å². The number of rotatable bonds is 3. The Morgan fingerprint density at radius 3 is 2.29 bits per heavy atom. The molecule has 1 heterocycles. The molecule has 0 amide bonds. The molecular weight excluding hydrogens is 206 g/mol. The maximum absolute atomic E-state index is 11.2. The highest BCUT2D eigenvalue weighted by Crippen LogP contribution is 2.15. The van der Waals surface area contributed by atoms with E-state index in [1.807, 2.05) is 7.05 Å². The topological polar surface area (TPSA) is 60.4 Å². The Morgan fingerprint density at radius 2 is 1.86 bits per heavy atom. The van der Waals surface area contributed by atoms with Crippen LogP contribution in [-0.2, 0) is 19.1 Å². The van der Waals surface area contributed by atoms with Crippen molar-refractivity contribution in [2.24, 2.45) is 0 Å². The summed E-state index contributed by atoms with van der Waals surface area (Å²) < 4.78 is 26.2. The maximum Gasteiger partial charge on any atom is 0.377 e. The van der Waals surface area contributed by atoms with Crippen LogP contribution < -0.4 is 0 Å². The van der Waals surface area contributed by atoms with Gasteiger partial charge in [0.05, 0.1) is 26.4 Å². The van der Waals surface area contributed by atoms with Gasteiger partial charge < -0.3 is 8.67 Å². The smallest absolute Gasteiger partial charge is 0.341 e. The first-order valence-corrected chi connectivity index (χ1v) is 6.38. The lowest BCUT2D eigenvalue weighted by molar-refractivity contribution is -0.890. The number of quaternary nitrogens is 1. The molecule has 0 saturated carbocycles. The van der Waals surface area contributed by atoms with E-state index in [1.54, 1.807) is 0 Å². The van der Waals surface area contributed by atoms with Crippen molar-refractivity contribution < 1.29 is 21.9 Å². The SMILES string of the molecule is C[N+]1(CC(=O)OS(C)(=O)=O)CCCC1. The molecule has 0 spiro atoms. The Morgan fingerprint density at radius 1 is 1.36 bits per heavy atom. The van der Waals surface area contributed by atoms with Crippen LogP contribution in [0.25, 0.3) is 0 Å². The van der Waals surface area contributed by atoms with Crippen LogP contribution in [0.15, 0.2) is 0 Å². The minimum atomic E-state index is -3.65. The highest BCUT2D eigenvalue weighted by atomic mass is 32.2. The van der Waals surface area contributed by atoms with E-state index in [2.05, 4.69) is 4.18 Å². The van der Waals surface area contributed by atoms with Crippen LogP contribution in [0.4, 0.5) is 0 Å². The third-order valence-electron chi connectivity index (χ3n) is 2.40. The molecule has 0 N–H and O–H groups in total. The fraction of sp³-hybridized carbons (Fsp3) is 0.875. The molecule has 14 heavy (non-hydrogen) atoms. The van der Waals surface area contributed by atoms with E-state index in [0.29, 0.717) is 4.48 Å². The van der Waals surface area contributed by atoms with E-state index in [1.165, 1.54) is 0 Å². The minimum Gasteiger partial charge on any atom is -0.341 e. The second kappa shape index (κ2) is 3.86. The Hall–Kier alpha value is -0.620. The van der Waals surface area contributed by atoms with E-state index < -0.39 is 16.1 Å². The quantitative estimate of drug-likeness (QED) is 0.487. The van der Waals surface area contributed by atoms with Crippen molar-refractivity contribution in [1.82, 2.24) is 0 Å². The predicted molar refractivity (Wildman–Crippen MR) is 51.0 cm³/mol. The normalized spacial score (nSPS) is 20.7. The van der Waals surface area contributed by atoms with Crippen LogP contribution in [-0.4, -0.2) is 51.8 Å². The summed E-state index contributed by atoms with van der Waals surface area (Å²) in [6, 6.07) is 0. The summed E-state index contributed by atoms with van der Waals surface area (Å²) in [7, 11) is -1.71. The van der Waals surface area contributed by atoms with Crippen LogP contribution in [0.3, 0.4) is 0 Å². The molecule has 5 nitrogen and oxygen atoms in total. The molecule has 1 rings (SSSR count). The van der Waals surface area contributed by atoms with E-state index in [9.17, 15) is 13.2 Å². The molecule has 1 fully saturated rings. The lowest BCUT2D eigenvalue weighted by Crippen LogP contribution is -2.45. The molecule has 1 aliphatic heterocycles. The summed E-state index contributed by atoms with van der Waals surface area (Å²) in [6.45, 7) is 1.98. The van der Waals surface area contributed by atoms with Gasteiger partial charge in [-0.25, -0.2) is 4.79 Å². The van der Waals surface area contributed by atoms with E-state index >= 15 is 0 Å². The van der Waals surface area contributed by atoms with Crippen LogP contribution in [0.2, 0.25) is 0 Å². The Labute approximate surface area is 84.4 Å². The molecule has 6 heteroatoms. The molecule has 0 atom stereocenters. The van der Waals surface area contributed by atoms with E-state index in [4.69, 9.17) is 0 Å². The fourth-order valence-corrected chi connectivity index (χ4v) is 2.15. The van der Waals surface area contributed by atoms with Crippen molar-refractivity contribution in [3.05, 3.63) is 0 Å². The summed E-state index contributed by atoms with van der Waals surface area (Å²) in [5.74, 6) is -0.656. The highest BCUT2D eigenvalue weighted by molar-refractivity contribution is 7.86. The summed E-state index contributed by atoms with van der Waals surface area (Å²) in [6.07, 6.45) is 3.06. The lowest BCUT2D eigenvalue weighted by Gasteiger charge is -2.27. The second-order valence-electron chi connectivity index (χ2n) is 4.09. The fourth-order valence-electron chi connectivity index (χ4n) is 1.76. The number of nitrogens with zero attached hydrogens (tertiary/aromatic N) is 1. The number of likely N-dealkylation sites (tertiary alicyclic amines) is 1. The van der Waals surface area contributed by atoms with Crippen LogP contribution in [0.1, 0.15) is 12.8 Å². The number of likely N-dealkylation sites (N-methyl/N-ethyl adjacent to an activating group) is 1. The molecule has 0 aromatic rings. The molecule has 0 radical (unpaired) electrons. The van der Waals surface area contributed by atoms with Gasteiger partial charge in [0.2, 0.25) is 0 Å². The number of carbonyl (C=O) groups is 1. The Balaban J connectivity index is 2.48. The molecule has 1 saturated heterocycles. The Bertz CT molecular complexity index is 316. The second-order valence-corrected chi connectivity index (χ2v) is 5.67. The molecular formula is C8H16NO4S+. The zero-order chi connectivity index (χ0) is 10.8. The van der Waals surface area contributed by atoms with Gasteiger partial charge in [-0.3, -0.25) is 0 Å². The first-order valence-electron chi connectivity index (χ1n) is 4.57. The van der Waals surface area contributed by atoms with Crippen LogP contribution >= 0.6 is 0 Å². The van der Waals surface area contributed by atoms with Crippen molar-refractivity contribution in [3.63, 3.8) is 0 Å². The summed E-state index contributed by atoms with van der Waals surface area (Å²) >= 11 is 0. The predicted octanol–water partition coefficient (Wildman–Crippen LogP) is -0.270. The third kappa shape index (κ3) is 3.63. The van der Waals surface area contributed by atoms with Gasteiger partial charge in [0.25, 0.3) is 0 Å². The van der Waals surface area contributed by atoms with Gasteiger partial charge in [-0.15, -0.1) is 0 Å². The zero-order valence-electron chi connectivity index (χ0n) is 8.52. The molecule has 0 aromatic carbocycles. The molecule has 0 aliphatic carbocycles. The first kappa shape index (κ1) is 11.5. The maximum atomic E-state index is 11.2. The van der Waals surface area contributed by atoms with Gasteiger partial charge in [-0.2, -0.15) is 8.42 Å². The van der Waals surface area contributed by atoms with Crippen molar-refractivity contribution in [1.29, 1.82) is 0 Å².